The summed E-state index contributed by atoms with van der Waals surface area (Å²) in [5, 5.41) is 0. The Morgan fingerprint density at radius 3 is 1.93 bits per heavy atom. The first kappa shape index (κ1) is 29.5. The third-order valence-electron chi connectivity index (χ3n) is 9.99. The Labute approximate surface area is 256 Å². The van der Waals surface area contributed by atoms with E-state index in [0.29, 0.717) is 11.1 Å². The third-order valence-corrected chi connectivity index (χ3v) is 14.6. The van der Waals surface area contributed by atoms with Gasteiger partial charge in [0.05, 0.1) is 8.07 Å². The van der Waals surface area contributed by atoms with Crippen molar-refractivity contribution in [1.29, 1.82) is 0 Å². The van der Waals surface area contributed by atoms with E-state index in [1.54, 1.807) is 33.4 Å². The van der Waals surface area contributed by atoms with Gasteiger partial charge in [-0.25, -0.2) is 0 Å². The molecule has 0 saturated carbocycles. The van der Waals surface area contributed by atoms with E-state index >= 15 is 0 Å². The fourth-order valence-electron chi connectivity index (χ4n) is 8.23. The molecule has 0 heterocycles. The molecule has 0 spiro atoms. The summed E-state index contributed by atoms with van der Waals surface area (Å²) in [5.41, 5.74) is 21.0. The molecular formula is C38H46SiZr. The van der Waals surface area contributed by atoms with Gasteiger partial charge >= 0.3 is 32.5 Å². The summed E-state index contributed by atoms with van der Waals surface area (Å²) in [6.45, 7) is 17.3. The topological polar surface area (TPSA) is 0 Å². The van der Waals surface area contributed by atoms with Crippen molar-refractivity contribution in [3.05, 3.63) is 111 Å². The second kappa shape index (κ2) is 11.7. The van der Waals surface area contributed by atoms with Crippen molar-refractivity contribution < 1.29 is 23.2 Å². The van der Waals surface area contributed by atoms with Crippen molar-refractivity contribution in [3.8, 4) is 22.3 Å². The predicted molar refractivity (Wildman–Crippen MR) is 175 cm³/mol. The van der Waals surface area contributed by atoms with Gasteiger partial charge in [-0.05, 0) is 115 Å². The van der Waals surface area contributed by atoms with E-state index in [4.69, 9.17) is 0 Å². The molecule has 40 heavy (non-hydrogen) atoms. The summed E-state index contributed by atoms with van der Waals surface area (Å²) in [6.07, 6.45) is 6.27. The van der Waals surface area contributed by atoms with Gasteiger partial charge in [-0.1, -0.05) is 96.6 Å². The van der Waals surface area contributed by atoms with Crippen LogP contribution in [0.2, 0.25) is 27.9 Å². The van der Waals surface area contributed by atoms with Crippen LogP contribution in [0.1, 0.15) is 68.8 Å². The van der Waals surface area contributed by atoms with E-state index in [9.17, 15) is 0 Å². The molecule has 1 atom stereocenters. The molecule has 1 unspecified atom stereocenters. The van der Waals surface area contributed by atoms with Gasteiger partial charge in [-0.2, -0.15) is 0 Å². The van der Waals surface area contributed by atoms with Crippen LogP contribution < -0.4 is 0 Å². The van der Waals surface area contributed by atoms with Crippen LogP contribution in [0.4, 0.5) is 0 Å². The summed E-state index contributed by atoms with van der Waals surface area (Å²) in [7, 11) is -1.78. The van der Waals surface area contributed by atoms with E-state index < -0.39 is 8.07 Å². The first-order chi connectivity index (χ1) is 19.1. The summed E-state index contributed by atoms with van der Waals surface area (Å²) < 4.78 is 4.59. The van der Waals surface area contributed by atoms with Crippen molar-refractivity contribution in [2.24, 2.45) is 0 Å². The maximum atomic E-state index is 2.67. The number of aryl methyl sites for hydroxylation is 1. The Morgan fingerprint density at radius 2 is 1.30 bits per heavy atom. The normalized spacial score (nSPS) is 18.4. The van der Waals surface area contributed by atoms with Crippen molar-refractivity contribution in [3.63, 3.8) is 0 Å². The minimum atomic E-state index is -1.78. The van der Waals surface area contributed by atoms with Gasteiger partial charge in [-0.15, -0.1) is 0 Å². The van der Waals surface area contributed by atoms with Crippen LogP contribution in [-0.2, 0) is 36.1 Å². The molecule has 0 aromatic heterocycles. The van der Waals surface area contributed by atoms with Gasteiger partial charge in [0.1, 0.15) is 0 Å². The summed E-state index contributed by atoms with van der Waals surface area (Å²) in [5.74, 6) is 0. The molecule has 0 N–H and O–H groups in total. The van der Waals surface area contributed by atoms with Gasteiger partial charge in [0, 0.05) is 5.54 Å². The van der Waals surface area contributed by atoms with E-state index in [1.807, 2.05) is 0 Å². The maximum absolute atomic E-state index is 2.67. The second-order valence-corrected chi connectivity index (χ2v) is 20.1. The van der Waals surface area contributed by atoms with Crippen LogP contribution in [0.25, 0.3) is 28.3 Å². The molecule has 6 rings (SSSR count). The molecule has 0 fully saturated rings. The Bertz CT molecular complexity index is 1510. The molecular weight excluding hydrogens is 576 g/mol. The molecule has 2 heteroatoms. The quantitative estimate of drug-likeness (QED) is 0.254. The number of rotatable bonds is 4. The van der Waals surface area contributed by atoms with Gasteiger partial charge in [-0.3, -0.25) is 0 Å². The van der Waals surface area contributed by atoms with Crippen molar-refractivity contribution >= 4 is 14.1 Å². The van der Waals surface area contributed by atoms with Gasteiger partial charge in [0.2, 0.25) is 0 Å². The average Bonchev–Trinajstić information content (AvgIpc) is 3.59. The molecule has 0 radical (unpaired) electrons. The standard InChI is InChI=1S/C36H40Si.2CH3.Zr/c1-22-20-32-33(35(22)37(6,7)36-25(4)23(2)24(3)26(36)5)21-28-16-13-19-30(28)34(32)31-18-12-11-17-29(31)27-14-9-8-10-15-27;;;/h8-12,14-15,17-18,20-21,35-36H,13,16,19H2,1-7H3;2*1H3;. The second-order valence-electron chi connectivity index (χ2n) is 12.8. The summed E-state index contributed by atoms with van der Waals surface area (Å²) >= 11 is 0.230. The molecule has 0 amide bonds. The first-order valence-corrected chi connectivity index (χ1v) is 23.2. The van der Waals surface area contributed by atoms with Crippen LogP contribution in [0.3, 0.4) is 0 Å². The van der Waals surface area contributed by atoms with Crippen molar-refractivity contribution in [1.82, 2.24) is 0 Å². The molecule has 206 valence electrons. The molecule has 3 aliphatic rings. The average molecular weight is 622 g/mol. The zero-order valence-electron chi connectivity index (χ0n) is 26.1. The molecule has 0 nitrogen and oxygen atoms in total. The minimum absolute atomic E-state index is 0.230. The monoisotopic (exact) mass is 620 g/mol. The number of hydrogen-bond donors (Lipinski definition) is 0. The predicted octanol–water partition coefficient (Wildman–Crippen LogP) is 11.5. The summed E-state index contributed by atoms with van der Waals surface area (Å²) in [6, 6.07) is 22.7. The fourth-order valence-corrected chi connectivity index (χ4v) is 13.5. The molecule has 0 bridgehead atoms. The van der Waals surface area contributed by atoms with E-state index in [2.05, 4.69) is 124 Å². The van der Waals surface area contributed by atoms with Gasteiger partial charge < -0.3 is 0 Å². The molecule has 3 aromatic carbocycles. The van der Waals surface area contributed by atoms with E-state index in [1.165, 1.54) is 58.2 Å². The SMILES string of the molecule is CC1=Cc2c(cc3c(c2-c2ccccc2-c2ccccc2)CCC3)C1[Si](C)(C)C1C(C)=C(C)C(C)=C1C.[CH3][Zr][CH3]. The van der Waals surface area contributed by atoms with Crippen molar-refractivity contribution in [2.45, 2.75) is 87.3 Å². The van der Waals surface area contributed by atoms with Gasteiger partial charge in [0.15, 0.2) is 0 Å². The Morgan fingerprint density at radius 1 is 0.725 bits per heavy atom. The Kier molecular flexibility index (Phi) is 8.62. The van der Waals surface area contributed by atoms with Crippen LogP contribution in [-0.4, -0.2) is 8.07 Å². The van der Waals surface area contributed by atoms with Crippen molar-refractivity contribution in [2.75, 3.05) is 0 Å². The zero-order valence-corrected chi connectivity index (χ0v) is 29.6. The molecule has 0 saturated heterocycles. The number of allylic oxidation sites excluding steroid dienone is 5. The Balaban J connectivity index is 0.00000103. The zero-order chi connectivity index (χ0) is 28.8. The summed E-state index contributed by atoms with van der Waals surface area (Å²) in [4.78, 5) is 0. The number of benzene rings is 3. The first-order valence-electron chi connectivity index (χ1n) is 15.1. The van der Waals surface area contributed by atoms with E-state index in [0.717, 1.165) is 0 Å². The van der Waals surface area contributed by atoms with Crippen LogP contribution in [0, 0.1) is 0 Å². The Hall–Kier alpha value is -2.02. The number of fused-ring (bicyclic) bond motifs is 2. The molecule has 3 aliphatic carbocycles. The fraction of sp³-hybridized carbons (Fsp3) is 0.368. The number of hydrogen-bond acceptors (Lipinski definition) is 0. The molecule has 3 aromatic rings. The van der Waals surface area contributed by atoms with Crippen LogP contribution >= 0.6 is 0 Å². The van der Waals surface area contributed by atoms with Gasteiger partial charge in [0.25, 0.3) is 0 Å². The van der Waals surface area contributed by atoms with E-state index in [-0.39, 0.29) is 23.2 Å². The molecule has 0 aliphatic heterocycles. The van der Waals surface area contributed by atoms with Crippen LogP contribution in [0.15, 0.2) is 88.5 Å². The van der Waals surface area contributed by atoms with Crippen LogP contribution in [0.5, 0.6) is 0 Å². The third kappa shape index (κ3) is 4.88.